The lowest BCUT2D eigenvalue weighted by Crippen LogP contribution is -2.36. The van der Waals surface area contributed by atoms with Crippen LogP contribution in [-0.4, -0.2) is 66.4 Å². The van der Waals surface area contributed by atoms with Crippen LogP contribution < -0.4 is 4.74 Å². The molecule has 1 aromatic heterocycles. The van der Waals surface area contributed by atoms with Gasteiger partial charge in [0.1, 0.15) is 5.75 Å². The SMILES string of the molecule is CCc1nn(-c2ccccc2)c(Oc2ccc(C)cc2)c1CN(CCOC)C[C@H](O)COC. The molecule has 7 nitrogen and oxygen atoms in total. The number of aromatic nitrogens is 2. The van der Waals surface area contributed by atoms with Crippen LogP contribution in [0.5, 0.6) is 11.6 Å². The number of aryl methyl sites for hydroxylation is 2. The number of nitrogens with zero attached hydrogens (tertiary/aromatic N) is 3. The van der Waals surface area contributed by atoms with E-state index in [1.807, 2.05) is 59.3 Å². The molecule has 3 aromatic rings. The summed E-state index contributed by atoms with van der Waals surface area (Å²) >= 11 is 0. The highest BCUT2D eigenvalue weighted by atomic mass is 16.5. The number of methoxy groups -OCH3 is 2. The second-order valence-electron chi connectivity index (χ2n) is 8.08. The maximum atomic E-state index is 10.4. The predicted octanol–water partition coefficient (Wildman–Crippen LogP) is 3.99. The molecule has 0 aliphatic heterocycles. The van der Waals surface area contributed by atoms with Crippen molar-refractivity contribution in [1.29, 1.82) is 0 Å². The number of aliphatic hydroxyl groups is 1. The molecule has 3 rings (SSSR count). The summed E-state index contributed by atoms with van der Waals surface area (Å²) in [4.78, 5) is 2.15. The lowest BCUT2D eigenvalue weighted by Gasteiger charge is -2.25. The fourth-order valence-electron chi connectivity index (χ4n) is 3.71. The molecule has 0 unspecified atom stereocenters. The lowest BCUT2D eigenvalue weighted by atomic mass is 10.1. The second-order valence-corrected chi connectivity index (χ2v) is 8.08. The molecule has 7 heteroatoms. The van der Waals surface area contributed by atoms with Crippen molar-refractivity contribution in [2.24, 2.45) is 0 Å². The van der Waals surface area contributed by atoms with Crippen LogP contribution in [0.2, 0.25) is 0 Å². The number of hydrogen-bond donors (Lipinski definition) is 1. The maximum absolute atomic E-state index is 10.4. The van der Waals surface area contributed by atoms with Gasteiger partial charge in [0, 0.05) is 33.9 Å². The number of ether oxygens (including phenoxy) is 3. The van der Waals surface area contributed by atoms with Gasteiger partial charge in [0.15, 0.2) is 0 Å². The van der Waals surface area contributed by atoms with E-state index in [1.54, 1.807) is 14.2 Å². The Balaban J connectivity index is 2.01. The van der Waals surface area contributed by atoms with Gasteiger partial charge >= 0.3 is 0 Å². The van der Waals surface area contributed by atoms with Gasteiger partial charge in [0.05, 0.1) is 36.3 Å². The highest BCUT2D eigenvalue weighted by Crippen LogP contribution is 2.32. The summed E-state index contributed by atoms with van der Waals surface area (Å²) in [5.41, 5.74) is 4.07. The zero-order valence-corrected chi connectivity index (χ0v) is 20.0. The van der Waals surface area contributed by atoms with E-state index in [0.717, 1.165) is 29.1 Å². The van der Waals surface area contributed by atoms with E-state index in [4.69, 9.17) is 19.3 Å². The standard InChI is InChI=1S/C26H35N3O4/c1-5-25-24(18-28(15-16-31-3)17-22(30)19-32-4)26(33-23-13-11-20(2)12-14-23)29(27-25)21-9-7-6-8-10-21/h6-14,22,30H,5,15-19H2,1-4H3/t22-/m0/s1. The average molecular weight is 454 g/mol. The fraction of sp³-hybridized carbons (Fsp3) is 0.423. The predicted molar refractivity (Wildman–Crippen MR) is 129 cm³/mol. The summed E-state index contributed by atoms with van der Waals surface area (Å²) in [6.07, 6.45) is 0.167. The molecule has 178 valence electrons. The van der Waals surface area contributed by atoms with Gasteiger partial charge in [-0.2, -0.15) is 5.10 Å². The van der Waals surface area contributed by atoms with Crippen LogP contribution in [0.15, 0.2) is 54.6 Å². The molecule has 0 spiro atoms. The normalized spacial score (nSPS) is 12.3. The van der Waals surface area contributed by atoms with Gasteiger partial charge in [-0.3, -0.25) is 4.90 Å². The van der Waals surface area contributed by atoms with Crippen LogP contribution >= 0.6 is 0 Å². The summed E-state index contributed by atoms with van der Waals surface area (Å²) in [6, 6.07) is 18.0. The van der Waals surface area contributed by atoms with Gasteiger partial charge in [0.2, 0.25) is 5.88 Å². The van der Waals surface area contributed by atoms with Crippen molar-refractivity contribution >= 4 is 0 Å². The molecule has 1 atom stereocenters. The fourth-order valence-corrected chi connectivity index (χ4v) is 3.71. The molecule has 0 aliphatic carbocycles. The van der Waals surface area contributed by atoms with Gasteiger partial charge in [-0.15, -0.1) is 0 Å². The summed E-state index contributed by atoms with van der Waals surface area (Å²) in [7, 11) is 3.27. The van der Waals surface area contributed by atoms with Gasteiger partial charge in [0.25, 0.3) is 0 Å². The zero-order valence-electron chi connectivity index (χ0n) is 20.0. The minimum Gasteiger partial charge on any atom is -0.439 e. The van der Waals surface area contributed by atoms with Crippen LogP contribution in [0.25, 0.3) is 5.69 Å². The lowest BCUT2D eigenvalue weighted by molar-refractivity contribution is 0.0291. The zero-order chi connectivity index (χ0) is 23.6. The molecule has 33 heavy (non-hydrogen) atoms. The van der Waals surface area contributed by atoms with Crippen molar-refractivity contribution in [3.63, 3.8) is 0 Å². The molecule has 0 bridgehead atoms. The molecule has 0 saturated carbocycles. The summed E-state index contributed by atoms with van der Waals surface area (Å²) in [5, 5.41) is 15.3. The van der Waals surface area contributed by atoms with Gasteiger partial charge in [-0.1, -0.05) is 42.8 Å². The number of aliphatic hydroxyl groups excluding tert-OH is 1. The minimum atomic E-state index is -0.595. The van der Waals surface area contributed by atoms with Gasteiger partial charge < -0.3 is 19.3 Å². The average Bonchev–Trinajstić information content (AvgIpc) is 3.16. The van der Waals surface area contributed by atoms with E-state index >= 15 is 0 Å². The van der Waals surface area contributed by atoms with E-state index in [-0.39, 0.29) is 6.61 Å². The van der Waals surface area contributed by atoms with Gasteiger partial charge in [-0.05, 0) is 37.6 Å². The van der Waals surface area contributed by atoms with Crippen LogP contribution in [0, 0.1) is 6.92 Å². The molecular formula is C26H35N3O4. The number of benzene rings is 2. The van der Waals surface area contributed by atoms with Crippen LogP contribution in [0.1, 0.15) is 23.7 Å². The monoisotopic (exact) mass is 453 g/mol. The third-order valence-electron chi connectivity index (χ3n) is 5.41. The molecule has 1 N–H and O–H groups in total. The first-order valence-electron chi connectivity index (χ1n) is 11.3. The number of rotatable bonds is 13. The Bertz CT molecular complexity index is 973. The number of hydrogen-bond acceptors (Lipinski definition) is 6. The quantitative estimate of drug-likeness (QED) is 0.422. The Morgan fingerprint density at radius 3 is 2.39 bits per heavy atom. The molecule has 0 amide bonds. The largest absolute Gasteiger partial charge is 0.439 e. The summed E-state index contributed by atoms with van der Waals surface area (Å²) in [6.45, 7) is 6.68. The van der Waals surface area contributed by atoms with E-state index in [2.05, 4.69) is 18.7 Å². The Morgan fingerprint density at radius 2 is 1.76 bits per heavy atom. The first-order chi connectivity index (χ1) is 16.0. The molecular weight excluding hydrogens is 418 g/mol. The molecule has 0 saturated heterocycles. The topological polar surface area (TPSA) is 69.0 Å². The third-order valence-corrected chi connectivity index (χ3v) is 5.41. The van der Waals surface area contributed by atoms with Crippen molar-refractivity contribution in [3.8, 4) is 17.3 Å². The first-order valence-corrected chi connectivity index (χ1v) is 11.3. The molecule has 0 aliphatic rings. The van der Waals surface area contributed by atoms with Crippen molar-refractivity contribution < 1.29 is 19.3 Å². The smallest absolute Gasteiger partial charge is 0.227 e. The Morgan fingerprint density at radius 1 is 1.03 bits per heavy atom. The van der Waals surface area contributed by atoms with E-state index in [1.165, 1.54) is 5.56 Å². The Hall–Kier alpha value is -2.71. The minimum absolute atomic E-state index is 0.278. The molecule has 2 aromatic carbocycles. The van der Waals surface area contributed by atoms with E-state index in [9.17, 15) is 5.11 Å². The van der Waals surface area contributed by atoms with Crippen LogP contribution in [0.3, 0.4) is 0 Å². The first kappa shape index (κ1) is 24.9. The van der Waals surface area contributed by atoms with Crippen LogP contribution in [0.4, 0.5) is 0 Å². The molecule has 0 radical (unpaired) electrons. The van der Waals surface area contributed by atoms with Crippen molar-refractivity contribution in [2.75, 3.05) is 40.5 Å². The second kappa shape index (κ2) is 12.5. The third kappa shape index (κ3) is 6.88. The maximum Gasteiger partial charge on any atom is 0.227 e. The van der Waals surface area contributed by atoms with E-state index < -0.39 is 6.10 Å². The molecule has 1 heterocycles. The number of para-hydroxylation sites is 1. The van der Waals surface area contributed by atoms with Crippen LogP contribution in [-0.2, 0) is 22.4 Å². The summed E-state index contributed by atoms with van der Waals surface area (Å²) in [5.74, 6) is 1.44. The highest BCUT2D eigenvalue weighted by molar-refractivity contribution is 5.44. The van der Waals surface area contributed by atoms with E-state index in [0.29, 0.717) is 32.1 Å². The van der Waals surface area contributed by atoms with Crippen molar-refractivity contribution in [2.45, 2.75) is 32.9 Å². The van der Waals surface area contributed by atoms with Crippen molar-refractivity contribution in [1.82, 2.24) is 14.7 Å². The summed E-state index contributed by atoms with van der Waals surface area (Å²) < 4.78 is 18.8. The highest BCUT2D eigenvalue weighted by Gasteiger charge is 2.23. The van der Waals surface area contributed by atoms with Crippen molar-refractivity contribution in [3.05, 3.63) is 71.4 Å². The Labute approximate surface area is 196 Å². The van der Waals surface area contributed by atoms with Gasteiger partial charge in [-0.25, -0.2) is 4.68 Å². The molecule has 0 fully saturated rings. The Kier molecular flexibility index (Phi) is 9.45.